The smallest absolute Gasteiger partial charge is 0.280 e. The lowest BCUT2D eigenvalue weighted by Crippen LogP contribution is -2.02. The lowest BCUT2D eigenvalue weighted by molar-refractivity contribution is 0.320. The highest BCUT2D eigenvalue weighted by Gasteiger charge is 2.11. The van der Waals surface area contributed by atoms with Gasteiger partial charge in [0, 0.05) is 17.5 Å². The molecule has 0 unspecified atom stereocenters. The van der Waals surface area contributed by atoms with Crippen molar-refractivity contribution in [1.82, 2.24) is 10.1 Å². The van der Waals surface area contributed by atoms with Crippen LogP contribution in [0.5, 0.6) is 5.75 Å². The molecule has 0 atom stereocenters. The third-order valence-corrected chi connectivity index (χ3v) is 4.18. The minimum atomic E-state index is -0.261. The zero-order valence-corrected chi connectivity index (χ0v) is 14.8. The van der Waals surface area contributed by atoms with Gasteiger partial charge in [-0.15, -0.1) is 0 Å². The lowest BCUT2D eigenvalue weighted by Gasteiger charge is -2.05. The van der Waals surface area contributed by atoms with Gasteiger partial charge in [-0.2, -0.15) is 5.16 Å². The summed E-state index contributed by atoms with van der Waals surface area (Å²) >= 11 is 0. The highest BCUT2D eigenvalue weighted by Crippen LogP contribution is 2.23. The third-order valence-electron chi connectivity index (χ3n) is 4.18. The van der Waals surface area contributed by atoms with E-state index in [0.717, 1.165) is 28.3 Å². The summed E-state index contributed by atoms with van der Waals surface area (Å²) < 4.78 is 16.6. The van der Waals surface area contributed by atoms with E-state index >= 15 is 0 Å². The largest absolute Gasteiger partial charge is 0.493 e. The SMILES string of the molecule is Cc1oc(-c2ccccc2)nc1CCOc1ccc(-c2cc(=O)[nH]o2)cc1. The Hall–Kier alpha value is -3.54. The van der Waals surface area contributed by atoms with Crippen LogP contribution in [0.2, 0.25) is 0 Å². The summed E-state index contributed by atoms with van der Waals surface area (Å²) in [4.78, 5) is 15.7. The van der Waals surface area contributed by atoms with Gasteiger partial charge in [-0.1, -0.05) is 18.2 Å². The summed E-state index contributed by atoms with van der Waals surface area (Å²) in [6, 6.07) is 18.6. The van der Waals surface area contributed by atoms with Gasteiger partial charge < -0.3 is 13.7 Å². The Morgan fingerprint density at radius 2 is 1.81 bits per heavy atom. The quantitative estimate of drug-likeness (QED) is 0.555. The molecule has 0 radical (unpaired) electrons. The summed E-state index contributed by atoms with van der Waals surface area (Å²) in [6.45, 7) is 2.40. The van der Waals surface area contributed by atoms with Crippen molar-refractivity contribution < 1.29 is 13.7 Å². The van der Waals surface area contributed by atoms with E-state index in [0.29, 0.717) is 24.7 Å². The highest BCUT2D eigenvalue weighted by atomic mass is 16.5. The summed E-state index contributed by atoms with van der Waals surface area (Å²) in [7, 11) is 0. The fourth-order valence-electron chi connectivity index (χ4n) is 2.77. The number of H-pyrrole nitrogens is 1. The molecule has 6 nitrogen and oxygen atoms in total. The van der Waals surface area contributed by atoms with Gasteiger partial charge in [0.15, 0.2) is 5.76 Å². The van der Waals surface area contributed by atoms with Crippen molar-refractivity contribution in [2.45, 2.75) is 13.3 Å². The van der Waals surface area contributed by atoms with Crippen molar-refractivity contribution >= 4 is 0 Å². The van der Waals surface area contributed by atoms with Crippen LogP contribution in [0.3, 0.4) is 0 Å². The molecule has 4 rings (SSSR count). The fraction of sp³-hybridized carbons (Fsp3) is 0.143. The van der Waals surface area contributed by atoms with Gasteiger partial charge in [0.1, 0.15) is 11.5 Å². The Balaban J connectivity index is 1.37. The molecule has 0 saturated heterocycles. The normalized spacial score (nSPS) is 10.9. The van der Waals surface area contributed by atoms with E-state index in [1.165, 1.54) is 6.07 Å². The van der Waals surface area contributed by atoms with Crippen molar-refractivity contribution in [1.29, 1.82) is 0 Å². The molecular formula is C21H18N2O4. The van der Waals surface area contributed by atoms with Crippen LogP contribution in [0.1, 0.15) is 11.5 Å². The number of benzene rings is 2. The Morgan fingerprint density at radius 1 is 1.04 bits per heavy atom. The van der Waals surface area contributed by atoms with Gasteiger partial charge in [-0.3, -0.25) is 4.79 Å². The first kappa shape index (κ1) is 16.9. The maximum Gasteiger partial charge on any atom is 0.280 e. The zero-order valence-electron chi connectivity index (χ0n) is 14.8. The van der Waals surface area contributed by atoms with E-state index in [4.69, 9.17) is 13.7 Å². The summed E-state index contributed by atoms with van der Waals surface area (Å²) in [6.07, 6.45) is 0.649. The van der Waals surface area contributed by atoms with E-state index in [9.17, 15) is 4.79 Å². The second kappa shape index (κ2) is 7.37. The lowest BCUT2D eigenvalue weighted by atomic mass is 10.2. The molecule has 2 heterocycles. The number of oxazole rings is 1. The fourth-order valence-corrected chi connectivity index (χ4v) is 2.77. The highest BCUT2D eigenvalue weighted by molar-refractivity contribution is 5.57. The molecule has 0 bridgehead atoms. The molecule has 0 aliphatic heterocycles. The number of aryl methyl sites for hydroxylation is 1. The molecule has 136 valence electrons. The molecule has 1 N–H and O–H groups in total. The Bertz CT molecular complexity index is 1080. The van der Waals surface area contributed by atoms with E-state index in [1.54, 1.807) is 0 Å². The molecule has 6 heteroatoms. The molecule has 0 aliphatic carbocycles. The Kier molecular flexibility index (Phi) is 4.61. The van der Waals surface area contributed by atoms with Crippen LogP contribution in [0.4, 0.5) is 0 Å². The number of hydrogen-bond acceptors (Lipinski definition) is 5. The number of aromatic amines is 1. The predicted octanol–water partition coefficient (Wildman–Crippen LogP) is 4.22. The van der Waals surface area contributed by atoms with Crippen LogP contribution in [-0.4, -0.2) is 16.7 Å². The molecular weight excluding hydrogens is 344 g/mol. The monoisotopic (exact) mass is 362 g/mol. The van der Waals surface area contributed by atoms with E-state index in [-0.39, 0.29) is 5.56 Å². The van der Waals surface area contributed by atoms with Crippen molar-refractivity contribution in [3.63, 3.8) is 0 Å². The van der Waals surface area contributed by atoms with Gasteiger partial charge >= 0.3 is 0 Å². The van der Waals surface area contributed by atoms with Crippen molar-refractivity contribution in [2.75, 3.05) is 6.61 Å². The molecule has 0 spiro atoms. The summed E-state index contributed by atoms with van der Waals surface area (Å²) in [5.74, 6) is 2.66. The van der Waals surface area contributed by atoms with E-state index in [2.05, 4.69) is 10.1 Å². The van der Waals surface area contributed by atoms with Crippen LogP contribution in [0.25, 0.3) is 22.8 Å². The zero-order chi connectivity index (χ0) is 18.6. The van der Waals surface area contributed by atoms with Gasteiger partial charge in [-0.05, 0) is 43.3 Å². The average Bonchev–Trinajstić information content (AvgIpc) is 3.29. The number of hydrogen-bond donors (Lipinski definition) is 1. The minimum absolute atomic E-state index is 0.261. The molecule has 2 aromatic carbocycles. The Morgan fingerprint density at radius 3 is 2.52 bits per heavy atom. The maximum atomic E-state index is 11.1. The van der Waals surface area contributed by atoms with Crippen LogP contribution in [0.15, 0.2) is 74.4 Å². The summed E-state index contributed by atoms with van der Waals surface area (Å²) in [5, 5.41) is 2.28. The molecule has 0 saturated carbocycles. The second-order valence-corrected chi connectivity index (χ2v) is 6.09. The van der Waals surface area contributed by atoms with Gasteiger partial charge in [-0.25, -0.2) is 4.98 Å². The molecule has 2 aromatic heterocycles. The van der Waals surface area contributed by atoms with E-state index in [1.807, 2.05) is 61.5 Å². The van der Waals surface area contributed by atoms with Crippen molar-refractivity contribution in [3.05, 3.63) is 82.5 Å². The summed E-state index contributed by atoms with van der Waals surface area (Å²) in [5.41, 5.74) is 2.39. The molecule has 0 aliphatic rings. The predicted molar refractivity (Wildman–Crippen MR) is 101 cm³/mol. The van der Waals surface area contributed by atoms with Gasteiger partial charge in [0.25, 0.3) is 5.56 Å². The number of nitrogens with one attached hydrogen (secondary N) is 1. The Labute approximate surface area is 155 Å². The number of aromatic nitrogens is 2. The average molecular weight is 362 g/mol. The number of ether oxygens (including phenoxy) is 1. The first-order valence-electron chi connectivity index (χ1n) is 8.62. The molecule has 0 amide bonds. The van der Waals surface area contributed by atoms with Crippen molar-refractivity contribution in [2.24, 2.45) is 0 Å². The van der Waals surface area contributed by atoms with Crippen LogP contribution in [-0.2, 0) is 6.42 Å². The molecule has 4 aromatic rings. The van der Waals surface area contributed by atoms with Crippen LogP contribution < -0.4 is 10.3 Å². The van der Waals surface area contributed by atoms with Gasteiger partial charge in [0.05, 0.1) is 18.4 Å². The minimum Gasteiger partial charge on any atom is -0.493 e. The molecule has 0 fully saturated rings. The first-order valence-corrected chi connectivity index (χ1v) is 8.62. The standard InChI is InChI=1S/C21H18N2O4/c1-14-18(22-21(26-14)16-5-3-2-4-6-16)11-12-25-17-9-7-15(8-10-17)19-13-20(24)23-27-19/h2-10,13H,11-12H2,1H3,(H,23,24). The first-order chi connectivity index (χ1) is 13.2. The van der Waals surface area contributed by atoms with Crippen LogP contribution >= 0.6 is 0 Å². The number of nitrogens with zero attached hydrogens (tertiary/aromatic N) is 1. The van der Waals surface area contributed by atoms with Crippen LogP contribution in [0, 0.1) is 6.92 Å². The van der Waals surface area contributed by atoms with E-state index < -0.39 is 0 Å². The molecule has 27 heavy (non-hydrogen) atoms. The topological polar surface area (TPSA) is 81.3 Å². The maximum absolute atomic E-state index is 11.1. The van der Waals surface area contributed by atoms with Crippen molar-refractivity contribution in [3.8, 4) is 28.5 Å². The third kappa shape index (κ3) is 3.84. The second-order valence-electron chi connectivity index (χ2n) is 6.09. The number of rotatable bonds is 6. The van der Waals surface area contributed by atoms with Gasteiger partial charge in [0.2, 0.25) is 5.89 Å².